The molecule has 0 bridgehead atoms. The van der Waals surface area contributed by atoms with E-state index in [2.05, 4.69) is 0 Å². The average molecular weight is 308 g/mol. The van der Waals surface area contributed by atoms with E-state index in [4.69, 9.17) is 21.1 Å². The van der Waals surface area contributed by atoms with Crippen molar-refractivity contribution in [2.45, 2.75) is 6.42 Å². The van der Waals surface area contributed by atoms with Gasteiger partial charge in [0.25, 0.3) is 5.69 Å². The highest BCUT2D eigenvalue weighted by Gasteiger charge is 2.05. The normalized spacial score (nSPS) is 10.1. The van der Waals surface area contributed by atoms with Gasteiger partial charge >= 0.3 is 0 Å². The number of rotatable bonds is 7. The summed E-state index contributed by atoms with van der Waals surface area (Å²) in [7, 11) is 0. The lowest BCUT2D eigenvalue weighted by Crippen LogP contribution is -1.97. The molecule has 0 fully saturated rings. The summed E-state index contributed by atoms with van der Waals surface area (Å²) in [4.78, 5) is 10.1. The molecule has 2 aromatic rings. The quantitative estimate of drug-likeness (QED) is 0.329. The SMILES string of the molecule is O=[N+]([O-])c1ccc(Oc2ccc(OCCCCl)cc2)cc1. The molecule has 0 aliphatic heterocycles. The van der Waals surface area contributed by atoms with Gasteiger partial charge in [-0.25, -0.2) is 0 Å². The minimum atomic E-state index is -0.448. The Hall–Kier alpha value is -2.27. The molecule has 5 nitrogen and oxygen atoms in total. The van der Waals surface area contributed by atoms with Crippen molar-refractivity contribution in [3.63, 3.8) is 0 Å². The van der Waals surface area contributed by atoms with Crippen LogP contribution >= 0.6 is 11.6 Å². The van der Waals surface area contributed by atoms with E-state index in [0.717, 1.165) is 12.2 Å². The molecule has 0 atom stereocenters. The number of alkyl halides is 1. The Labute approximate surface area is 127 Å². The van der Waals surface area contributed by atoms with Gasteiger partial charge in [0, 0.05) is 18.0 Å². The second kappa shape index (κ2) is 7.50. The first-order chi connectivity index (χ1) is 10.2. The van der Waals surface area contributed by atoms with E-state index in [1.165, 1.54) is 12.1 Å². The van der Waals surface area contributed by atoms with Crippen molar-refractivity contribution in [2.75, 3.05) is 12.5 Å². The smallest absolute Gasteiger partial charge is 0.269 e. The summed E-state index contributed by atoms with van der Waals surface area (Å²) in [5.41, 5.74) is 0.0328. The number of ether oxygens (including phenoxy) is 2. The molecule has 6 heteroatoms. The van der Waals surface area contributed by atoms with E-state index in [9.17, 15) is 10.1 Å². The highest BCUT2D eigenvalue weighted by molar-refractivity contribution is 6.17. The molecule has 0 heterocycles. The summed E-state index contributed by atoms with van der Waals surface area (Å²) in [5, 5.41) is 10.6. The molecule has 0 aliphatic carbocycles. The number of non-ortho nitro benzene ring substituents is 1. The second-order valence-corrected chi connectivity index (χ2v) is 4.59. The zero-order valence-electron chi connectivity index (χ0n) is 11.2. The van der Waals surface area contributed by atoms with Crippen LogP contribution in [0.5, 0.6) is 17.2 Å². The molecule has 0 unspecified atom stereocenters. The van der Waals surface area contributed by atoms with Crippen molar-refractivity contribution >= 4 is 17.3 Å². The minimum Gasteiger partial charge on any atom is -0.494 e. The van der Waals surface area contributed by atoms with Crippen LogP contribution in [0.1, 0.15) is 6.42 Å². The summed E-state index contributed by atoms with van der Waals surface area (Å²) in [5.74, 6) is 2.49. The molecule has 0 aromatic heterocycles. The van der Waals surface area contributed by atoms with Gasteiger partial charge in [-0.1, -0.05) is 0 Å². The fourth-order valence-electron chi connectivity index (χ4n) is 1.62. The van der Waals surface area contributed by atoms with Crippen LogP contribution in [-0.4, -0.2) is 17.4 Å². The fourth-order valence-corrected chi connectivity index (χ4v) is 1.73. The Morgan fingerprint density at radius 2 is 1.48 bits per heavy atom. The molecular weight excluding hydrogens is 294 g/mol. The van der Waals surface area contributed by atoms with Crippen LogP contribution in [0.4, 0.5) is 5.69 Å². The molecule has 0 saturated heterocycles. The first-order valence-electron chi connectivity index (χ1n) is 6.40. The number of halogens is 1. The van der Waals surface area contributed by atoms with Crippen molar-refractivity contribution in [2.24, 2.45) is 0 Å². The third kappa shape index (κ3) is 4.65. The molecule has 0 amide bonds. The van der Waals surface area contributed by atoms with Crippen molar-refractivity contribution in [3.05, 3.63) is 58.6 Å². The Bertz CT molecular complexity index is 584. The molecule has 0 saturated carbocycles. The summed E-state index contributed by atoms with van der Waals surface area (Å²) < 4.78 is 11.1. The number of nitrogens with zero attached hydrogens (tertiary/aromatic N) is 1. The Balaban J connectivity index is 1.94. The van der Waals surface area contributed by atoms with Gasteiger partial charge in [-0.05, 0) is 42.8 Å². The van der Waals surface area contributed by atoms with Gasteiger partial charge < -0.3 is 9.47 Å². The van der Waals surface area contributed by atoms with Crippen LogP contribution < -0.4 is 9.47 Å². The van der Waals surface area contributed by atoms with E-state index in [-0.39, 0.29) is 5.69 Å². The molecule has 110 valence electrons. The molecule has 0 N–H and O–H groups in total. The Morgan fingerprint density at radius 1 is 0.952 bits per heavy atom. The first-order valence-corrected chi connectivity index (χ1v) is 6.93. The zero-order chi connectivity index (χ0) is 15.1. The third-order valence-corrected chi connectivity index (χ3v) is 2.92. The maximum Gasteiger partial charge on any atom is 0.269 e. The number of nitro groups is 1. The minimum absolute atomic E-state index is 0.0328. The van der Waals surface area contributed by atoms with Crippen LogP contribution in [-0.2, 0) is 0 Å². The van der Waals surface area contributed by atoms with Gasteiger partial charge in [0.15, 0.2) is 0 Å². The van der Waals surface area contributed by atoms with Crippen LogP contribution in [0.25, 0.3) is 0 Å². The molecular formula is C15H14ClNO4. The van der Waals surface area contributed by atoms with Crippen molar-refractivity contribution in [1.29, 1.82) is 0 Å². The summed E-state index contributed by atoms with van der Waals surface area (Å²) in [6.45, 7) is 0.575. The second-order valence-electron chi connectivity index (χ2n) is 4.22. The Morgan fingerprint density at radius 3 is 2.00 bits per heavy atom. The molecule has 21 heavy (non-hydrogen) atoms. The summed E-state index contributed by atoms with van der Waals surface area (Å²) in [6.07, 6.45) is 0.794. The van der Waals surface area contributed by atoms with Crippen LogP contribution in [0, 0.1) is 10.1 Å². The molecule has 0 radical (unpaired) electrons. The highest BCUT2D eigenvalue weighted by atomic mass is 35.5. The summed E-state index contributed by atoms with van der Waals surface area (Å²) in [6, 6.07) is 13.1. The first kappa shape index (κ1) is 15.1. The van der Waals surface area contributed by atoms with E-state index in [0.29, 0.717) is 24.0 Å². The topological polar surface area (TPSA) is 61.6 Å². The number of hydrogen-bond donors (Lipinski definition) is 0. The van der Waals surface area contributed by atoms with E-state index in [1.54, 1.807) is 36.4 Å². The van der Waals surface area contributed by atoms with Crippen LogP contribution in [0.2, 0.25) is 0 Å². The van der Waals surface area contributed by atoms with Crippen molar-refractivity contribution < 1.29 is 14.4 Å². The molecule has 2 rings (SSSR count). The largest absolute Gasteiger partial charge is 0.494 e. The fraction of sp³-hybridized carbons (Fsp3) is 0.200. The molecule has 2 aromatic carbocycles. The van der Waals surface area contributed by atoms with E-state index in [1.807, 2.05) is 0 Å². The Kier molecular flexibility index (Phi) is 5.40. The van der Waals surface area contributed by atoms with Crippen LogP contribution in [0.3, 0.4) is 0 Å². The lowest BCUT2D eigenvalue weighted by atomic mass is 10.3. The lowest BCUT2D eigenvalue weighted by molar-refractivity contribution is -0.384. The molecule has 0 aliphatic rings. The average Bonchev–Trinajstić information content (AvgIpc) is 2.50. The van der Waals surface area contributed by atoms with Crippen LogP contribution in [0.15, 0.2) is 48.5 Å². The monoisotopic (exact) mass is 307 g/mol. The maximum absolute atomic E-state index is 10.6. The predicted octanol–water partition coefficient (Wildman–Crippen LogP) is 4.39. The number of benzene rings is 2. The van der Waals surface area contributed by atoms with E-state index >= 15 is 0 Å². The summed E-state index contributed by atoms with van der Waals surface area (Å²) >= 11 is 5.57. The van der Waals surface area contributed by atoms with Gasteiger partial charge in [-0.15, -0.1) is 11.6 Å². The number of hydrogen-bond acceptors (Lipinski definition) is 4. The lowest BCUT2D eigenvalue weighted by Gasteiger charge is -2.08. The third-order valence-electron chi connectivity index (χ3n) is 2.65. The van der Waals surface area contributed by atoms with Gasteiger partial charge in [-0.2, -0.15) is 0 Å². The highest BCUT2D eigenvalue weighted by Crippen LogP contribution is 2.25. The van der Waals surface area contributed by atoms with Crippen molar-refractivity contribution in [3.8, 4) is 17.2 Å². The van der Waals surface area contributed by atoms with Gasteiger partial charge in [-0.3, -0.25) is 10.1 Å². The number of nitro benzene ring substituents is 1. The van der Waals surface area contributed by atoms with Gasteiger partial charge in [0.05, 0.1) is 11.5 Å². The van der Waals surface area contributed by atoms with Crippen molar-refractivity contribution in [1.82, 2.24) is 0 Å². The van der Waals surface area contributed by atoms with Gasteiger partial charge in [0.1, 0.15) is 17.2 Å². The standard InChI is InChI=1S/C15H14ClNO4/c16-10-1-11-20-13-6-8-15(9-7-13)21-14-4-2-12(3-5-14)17(18)19/h2-9H,1,10-11H2. The molecule has 0 spiro atoms. The zero-order valence-corrected chi connectivity index (χ0v) is 12.0. The van der Waals surface area contributed by atoms with E-state index < -0.39 is 4.92 Å². The predicted molar refractivity (Wildman–Crippen MR) is 80.4 cm³/mol. The maximum atomic E-state index is 10.6. The van der Waals surface area contributed by atoms with Gasteiger partial charge in [0.2, 0.25) is 0 Å².